The van der Waals surface area contributed by atoms with Gasteiger partial charge in [0.05, 0.1) is 5.92 Å². The molecule has 0 aliphatic carbocycles. The number of rotatable bonds is 12. The Bertz CT molecular complexity index is 1190. The SMILES string of the molecule is NC(=O)Nc1ccc(CNC(=O)[C@H](CCCN=C(N)N)NC(=O)C(c2ccccc2)c2ccccc2)cc1. The standard InChI is InChI=1S/C28H33N7O3/c29-27(30)32-17-7-12-23(25(36)33-18-19-13-15-22(16-14-19)34-28(31)38)35-26(37)24(20-8-3-1-4-9-20)21-10-5-2-6-11-21/h1-6,8-11,13-16,23-24H,7,12,17-18H2,(H,33,36)(H,35,37)(H4,29,30,32)(H3,31,34,38)/t23-/m0/s1. The Morgan fingerprint density at radius 2 is 1.34 bits per heavy atom. The van der Waals surface area contributed by atoms with Crippen molar-refractivity contribution in [3.8, 4) is 0 Å². The van der Waals surface area contributed by atoms with E-state index < -0.39 is 18.0 Å². The maximum absolute atomic E-state index is 13.6. The highest BCUT2D eigenvalue weighted by molar-refractivity contribution is 5.92. The number of hydrogen-bond acceptors (Lipinski definition) is 4. The smallest absolute Gasteiger partial charge is 0.316 e. The third-order valence-corrected chi connectivity index (χ3v) is 5.79. The minimum absolute atomic E-state index is 0.0301. The lowest BCUT2D eigenvalue weighted by atomic mass is 9.90. The van der Waals surface area contributed by atoms with Gasteiger partial charge in [0.15, 0.2) is 5.96 Å². The molecule has 0 bridgehead atoms. The molecule has 9 N–H and O–H groups in total. The van der Waals surface area contributed by atoms with E-state index in [1.807, 2.05) is 60.7 Å². The molecule has 0 unspecified atom stereocenters. The van der Waals surface area contributed by atoms with Gasteiger partial charge in [-0.2, -0.15) is 0 Å². The molecule has 0 aliphatic heterocycles. The van der Waals surface area contributed by atoms with Crippen molar-refractivity contribution in [2.24, 2.45) is 22.2 Å². The van der Waals surface area contributed by atoms with E-state index in [2.05, 4.69) is 20.9 Å². The van der Waals surface area contributed by atoms with Crippen LogP contribution in [-0.2, 0) is 16.1 Å². The Hall–Kier alpha value is -4.86. The van der Waals surface area contributed by atoms with Crippen LogP contribution in [0, 0.1) is 0 Å². The molecule has 3 rings (SSSR count). The Labute approximate surface area is 221 Å². The number of guanidine groups is 1. The van der Waals surface area contributed by atoms with Crippen LogP contribution in [0.2, 0.25) is 0 Å². The molecule has 38 heavy (non-hydrogen) atoms. The van der Waals surface area contributed by atoms with Gasteiger partial charge in [0.25, 0.3) is 0 Å². The van der Waals surface area contributed by atoms with Crippen LogP contribution in [-0.4, -0.2) is 36.4 Å². The monoisotopic (exact) mass is 515 g/mol. The highest BCUT2D eigenvalue weighted by atomic mass is 16.2. The van der Waals surface area contributed by atoms with Gasteiger partial charge in [0, 0.05) is 18.8 Å². The lowest BCUT2D eigenvalue weighted by Crippen LogP contribution is -2.48. The maximum atomic E-state index is 13.6. The Morgan fingerprint density at radius 1 is 0.763 bits per heavy atom. The van der Waals surface area contributed by atoms with Crippen molar-refractivity contribution in [1.82, 2.24) is 10.6 Å². The molecule has 0 saturated carbocycles. The van der Waals surface area contributed by atoms with Gasteiger partial charge in [0.1, 0.15) is 6.04 Å². The predicted octanol–water partition coefficient (Wildman–Crippen LogP) is 2.16. The fourth-order valence-electron chi connectivity index (χ4n) is 3.97. The summed E-state index contributed by atoms with van der Waals surface area (Å²) in [6.07, 6.45) is 0.831. The highest BCUT2D eigenvalue weighted by Crippen LogP contribution is 2.25. The first-order valence-electron chi connectivity index (χ1n) is 12.2. The van der Waals surface area contributed by atoms with Gasteiger partial charge >= 0.3 is 6.03 Å². The van der Waals surface area contributed by atoms with Gasteiger partial charge < -0.3 is 33.2 Å². The molecular weight excluding hydrogens is 482 g/mol. The molecule has 0 saturated heterocycles. The Morgan fingerprint density at radius 3 is 1.87 bits per heavy atom. The van der Waals surface area contributed by atoms with Crippen LogP contribution in [0.5, 0.6) is 0 Å². The van der Waals surface area contributed by atoms with Crippen molar-refractivity contribution in [3.63, 3.8) is 0 Å². The van der Waals surface area contributed by atoms with Crippen molar-refractivity contribution < 1.29 is 14.4 Å². The predicted molar refractivity (Wildman–Crippen MR) is 148 cm³/mol. The zero-order valence-electron chi connectivity index (χ0n) is 21.0. The van der Waals surface area contributed by atoms with Crippen molar-refractivity contribution in [2.75, 3.05) is 11.9 Å². The molecule has 198 valence electrons. The Balaban J connectivity index is 1.74. The van der Waals surface area contributed by atoms with Crippen LogP contribution in [0.3, 0.4) is 0 Å². The second-order valence-electron chi connectivity index (χ2n) is 8.67. The highest BCUT2D eigenvalue weighted by Gasteiger charge is 2.27. The zero-order chi connectivity index (χ0) is 27.3. The summed E-state index contributed by atoms with van der Waals surface area (Å²) in [5, 5.41) is 8.31. The zero-order valence-corrected chi connectivity index (χ0v) is 21.0. The van der Waals surface area contributed by atoms with Crippen molar-refractivity contribution in [2.45, 2.75) is 31.3 Å². The van der Waals surface area contributed by atoms with Gasteiger partial charge in [-0.1, -0.05) is 72.8 Å². The molecule has 10 heteroatoms. The van der Waals surface area contributed by atoms with Crippen LogP contribution in [0.4, 0.5) is 10.5 Å². The summed E-state index contributed by atoms with van der Waals surface area (Å²) in [5.41, 5.74) is 19.0. The van der Waals surface area contributed by atoms with E-state index in [-0.39, 0.29) is 24.3 Å². The summed E-state index contributed by atoms with van der Waals surface area (Å²) in [5.74, 6) is -1.23. The molecule has 4 amide bonds. The third kappa shape index (κ3) is 8.66. The summed E-state index contributed by atoms with van der Waals surface area (Å²) in [6.45, 7) is 0.563. The van der Waals surface area contributed by atoms with Crippen LogP contribution in [0.15, 0.2) is 89.9 Å². The molecule has 0 radical (unpaired) electrons. The van der Waals surface area contributed by atoms with Crippen molar-refractivity contribution in [3.05, 3.63) is 102 Å². The number of urea groups is 1. The van der Waals surface area contributed by atoms with Gasteiger partial charge in [-0.3, -0.25) is 14.6 Å². The first-order chi connectivity index (χ1) is 18.3. The normalized spacial score (nSPS) is 11.3. The number of amides is 4. The summed E-state index contributed by atoms with van der Waals surface area (Å²) >= 11 is 0. The van der Waals surface area contributed by atoms with Gasteiger partial charge in [-0.15, -0.1) is 0 Å². The molecule has 3 aromatic carbocycles. The van der Waals surface area contributed by atoms with Crippen LogP contribution in [0.25, 0.3) is 0 Å². The average molecular weight is 516 g/mol. The number of anilines is 1. The molecular formula is C28H33N7O3. The molecule has 3 aromatic rings. The lowest BCUT2D eigenvalue weighted by Gasteiger charge is -2.23. The van der Waals surface area contributed by atoms with E-state index in [9.17, 15) is 14.4 Å². The fourth-order valence-corrected chi connectivity index (χ4v) is 3.97. The summed E-state index contributed by atoms with van der Waals surface area (Å²) in [4.78, 5) is 41.8. The number of primary amides is 1. The minimum atomic E-state index is -0.803. The van der Waals surface area contributed by atoms with E-state index >= 15 is 0 Å². The number of benzene rings is 3. The van der Waals surface area contributed by atoms with E-state index in [1.54, 1.807) is 24.3 Å². The van der Waals surface area contributed by atoms with Gasteiger partial charge in [-0.25, -0.2) is 4.79 Å². The molecule has 0 aromatic heterocycles. The Kier molecular flexibility index (Phi) is 10.2. The maximum Gasteiger partial charge on any atom is 0.316 e. The van der Waals surface area contributed by atoms with E-state index in [0.29, 0.717) is 25.1 Å². The van der Waals surface area contributed by atoms with Crippen LogP contribution >= 0.6 is 0 Å². The third-order valence-electron chi connectivity index (χ3n) is 5.79. The second-order valence-corrected chi connectivity index (χ2v) is 8.67. The lowest BCUT2D eigenvalue weighted by molar-refractivity contribution is -0.129. The average Bonchev–Trinajstić information content (AvgIpc) is 2.91. The van der Waals surface area contributed by atoms with Crippen LogP contribution < -0.4 is 33.2 Å². The van der Waals surface area contributed by atoms with Gasteiger partial charge in [-0.05, 0) is 41.7 Å². The first-order valence-corrected chi connectivity index (χ1v) is 12.2. The minimum Gasteiger partial charge on any atom is -0.370 e. The number of hydrogen-bond donors (Lipinski definition) is 6. The molecule has 1 atom stereocenters. The number of aliphatic imine (C=N–C) groups is 1. The number of carbonyl (C=O) groups is 3. The largest absolute Gasteiger partial charge is 0.370 e. The molecule has 0 aliphatic rings. The quantitative estimate of drug-likeness (QED) is 0.123. The number of nitrogens with two attached hydrogens (primary N) is 3. The number of carbonyl (C=O) groups excluding carboxylic acids is 3. The number of nitrogens with zero attached hydrogens (tertiary/aromatic N) is 1. The molecule has 0 fully saturated rings. The summed E-state index contributed by atoms with van der Waals surface area (Å²) in [7, 11) is 0. The summed E-state index contributed by atoms with van der Waals surface area (Å²) in [6, 6.07) is 24.3. The molecule has 10 nitrogen and oxygen atoms in total. The van der Waals surface area contributed by atoms with Crippen molar-refractivity contribution >= 4 is 29.5 Å². The number of nitrogens with one attached hydrogen (secondary N) is 3. The van der Waals surface area contributed by atoms with E-state index in [1.165, 1.54) is 0 Å². The topological polar surface area (TPSA) is 178 Å². The van der Waals surface area contributed by atoms with Gasteiger partial charge in [0.2, 0.25) is 11.8 Å². The van der Waals surface area contributed by atoms with Crippen LogP contribution in [0.1, 0.15) is 35.4 Å². The van der Waals surface area contributed by atoms with Crippen molar-refractivity contribution in [1.29, 1.82) is 0 Å². The molecule has 0 spiro atoms. The summed E-state index contributed by atoms with van der Waals surface area (Å²) < 4.78 is 0. The van der Waals surface area contributed by atoms with E-state index in [4.69, 9.17) is 17.2 Å². The second kappa shape index (κ2) is 14.0. The fraction of sp³-hybridized carbons (Fsp3) is 0.214. The first kappa shape index (κ1) is 27.7. The molecule has 0 heterocycles. The van der Waals surface area contributed by atoms with E-state index in [0.717, 1.165) is 16.7 Å².